The number of pyridine rings is 1. The van der Waals surface area contributed by atoms with Crippen LogP contribution >= 0.6 is 34.8 Å². The number of nitrogens with zero attached hydrogens (tertiary/aromatic N) is 3. The maximum absolute atomic E-state index is 15.4. The van der Waals surface area contributed by atoms with E-state index in [0.29, 0.717) is 44.6 Å². The van der Waals surface area contributed by atoms with Crippen LogP contribution in [0.25, 0.3) is 0 Å². The van der Waals surface area contributed by atoms with Gasteiger partial charge in [0, 0.05) is 38.9 Å². The van der Waals surface area contributed by atoms with Gasteiger partial charge in [-0.15, -0.1) is 0 Å². The molecule has 1 saturated carbocycles. The molecule has 3 heterocycles. The van der Waals surface area contributed by atoms with Gasteiger partial charge in [-0.05, 0) is 85.0 Å². The summed E-state index contributed by atoms with van der Waals surface area (Å²) in [6.45, 7) is 0. The van der Waals surface area contributed by atoms with Gasteiger partial charge in [-0.2, -0.15) is 18.2 Å². The van der Waals surface area contributed by atoms with Crippen LogP contribution in [0, 0.1) is 23.7 Å². The quantitative estimate of drug-likeness (QED) is 0.0939. The van der Waals surface area contributed by atoms with Crippen LogP contribution in [0.2, 0.25) is 15.1 Å². The molecule has 2 aliphatic heterocycles. The fourth-order valence-electron chi connectivity index (χ4n) is 9.66. The molecule has 16 heteroatoms. The van der Waals surface area contributed by atoms with E-state index in [4.69, 9.17) is 34.8 Å². The number of hydrogen-bond donors (Lipinski definition) is 2. The van der Waals surface area contributed by atoms with Gasteiger partial charge in [-0.3, -0.25) is 34.3 Å². The van der Waals surface area contributed by atoms with Gasteiger partial charge in [0.1, 0.15) is 5.75 Å². The van der Waals surface area contributed by atoms with E-state index in [1.54, 1.807) is 48.5 Å². The van der Waals surface area contributed by atoms with Crippen molar-refractivity contribution in [1.82, 2.24) is 9.99 Å². The van der Waals surface area contributed by atoms with E-state index in [1.807, 2.05) is 0 Å². The molecule has 9 rings (SSSR count). The van der Waals surface area contributed by atoms with Crippen LogP contribution in [0.5, 0.6) is 5.75 Å². The Morgan fingerprint density at radius 3 is 2.15 bits per heavy atom. The van der Waals surface area contributed by atoms with Crippen LogP contribution in [0.15, 0.2) is 121 Å². The van der Waals surface area contributed by atoms with E-state index >= 15 is 4.79 Å². The third kappa shape index (κ3) is 6.40. The summed E-state index contributed by atoms with van der Waals surface area (Å²) in [4.78, 5) is 77.3. The SMILES string of the molecule is O=C(c1ccccc1)c1ccc(N2C(=O)C3CC=C4C(CC5C(=O)N(Nc6ncc(C(F)(F)F)cc6Cl)C(=O)C5(c5ccc(Cl)cc5)C4c4cc(Cl)ccc4O)C3C2=O)cc1. The van der Waals surface area contributed by atoms with Gasteiger partial charge in [0.25, 0.3) is 11.8 Å². The zero-order chi connectivity index (χ0) is 43.1. The summed E-state index contributed by atoms with van der Waals surface area (Å²) in [6.07, 6.45) is -2.56. The standard InChI is InChI=1S/C45H30Cl3F3N4O6/c46-26-10-8-24(9-11-26)44-33(41(59)55(43(44)61)53-39-34(48)18-25(21-52-39)45(49,50)51)20-31-29(37(44)32-19-27(47)12-17-35(32)56)15-16-30-36(31)42(60)54(40(30)58)28-13-6-23(7-14-28)38(57)22-4-2-1-3-5-22/h1-15,17-19,21,30-31,33,36-37,56H,16,20H2,(H,52,53). The molecule has 4 aliphatic rings. The average molecular weight is 886 g/mol. The number of ketones is 1. The fourth-order valence-corrected chi connectivity index (χ4v) is 10.2. The number of halogens is 6. The summed E-state index contributed by atoms with van der Waals surface area (Å²) in [5, 5.41) is 12.2. The number of hydrazine groups is 1. The summed E-state index contributed by atoms with van der Waals surface area (Å²) < 4.78 is 40.6. The predicted molar refractivity (Wildman–Crippen MR) is 219 cm³/mol. The van der Waals surface area contributed by atoms with Crippen molar-refractivity contribution >= 4 is 75.7 Å². The molecular weight excluding hydrogens is 856 g/mol. The van der Waals surface area contributed by atoms with E-state index in [2.05, 4.69) is 10.4 Å². The fraction of sp³-hybridized carbons (Fsp3) is 0.200. The number of allylic oxidation sites excluding steroid dienone is 2. The largest absolute Gasteiger partial charge is 0.508 e. The monoisotopic (exact) mass is 884 g/mol. The highest BCUT2D eigenvalue weighted by atomic mass is 35.5. The van der Waals surface area contributed by atoms with E-state index in [1.165, 1.54) is 54.6 Å². The van der Waals surface area contributed by atoms with E-state index in [9.17, 15) is 37.5 Å². The number of phenolic OH excluding ortho intramolecular Hbond substituents is 1. The Labute approximate surface area is 360 Å². The van der Waals surface area contributed by atoms with Crippen LogP contribution in [-0.2, 0) is 30.8 Å². The third-order valence-corrected chi connectivity index (χ3v) is 13.1. The first-order chi connectivity index (χ1) is 29.1. The Morgan fingerprint density at radius 2 is 1.48 bits per heavy atom. The predicted octanol–water partition coefficient (Wildman–Crippen LogP) is 9.19. The molecule has 4 aromatic carbocycles. The molecule has 6 unspecified atom stereocenters. The molecule has 0 bridgehead atoms. The third-order valence-electron chi connectivity index (χ3n) is 12.3. The number of benzene rings is 4. The summed E-state index contributed by atoms with van der Waals surface area (Å²) in [5.41, 5.74) is 1.57. The number of phenols is 1. The molecule has 61 heavy (non-hydrogen) atoms. The summed E-state index contributed by atoms with van der Waals surface area (Å²) in [6, 6.07) is 25.9. The highest BCUT2D eigenvalue weighted by Gasteiger charge is 2.70. The number of nitrogens with one attached hydrogen (secondary N) is 1. The number of alkyl halides is 3. The van der Waals surface area contributed by atoms with Gasteiger partial charge >= 0.3 is 6.18 Å². The van der Waals surface area contributed by atoms with Crippen molar-refractivity contribution in [1.29, 1.82) is 0 Å². The second kappa shape index (κ2) is 14.9. The Morgan fingerprint density at radius 1 is 0.803 bits per heavy atom. The Kier molecular flexibility index (Phi) is 9.84. The Hall–Kier alpha value is -6.02. The maximum atomic E-state index is 15.4. The second-order valence-electron chi connectivity index (χ2n) is 15.4. The lowest BCUT2D eigenvalue weighted by Gasteiger charge is -2.50. The normalized spacial score (nSPS) is 24.6. The number of aromatic hydroxyl groups is 1. The lowest BCUT2D eigenvalue weighted by molar-refractivity contribution is -0.139. The Bertz CT molecular complexity index is 2720. The van der Waals surface area contributed by atoms with Crippen molar-refractivity contribution in [3.8, 4) is 5.75 Å². The molecule has 308 valence electrons. The number of carbonyl (C=O) groups excluding carboxylic acids is 5. The molecule has 3 fully saturated rings. The van der Waals surface area contributed by atoms with E-state index in [0.717, 1.165) is 4.90 Å². The second-order valence-corrected chi connectivity index (χ2v) is 16.7. The van der Waals surface area contributed by atoms with Crippen molar-refractivity contribution in [2.75, 3.05) is 10.3 Å². The number of amides is 4. The van der Waals surface area contributed by atoms with Crippen molar-refractivity contribution < 1.29 is 42.3 Å². The Balaban J connectivity index is 1.16. The topological polar surface area (TPSA) is 137 Å². The van der Waals surface area contributed by atoms with Crippen LogP contribution in [0.3, 0.4) is 0 Å². The van der Waals surface area contributed by atoms with Gasteiger partial charge in [0.2, 0.25) is 11.8 Å². The maximum Gasteiger partial charge on any atom is 0.417 e. The molecule has 0 radical (unpaired) electrons. The van der Waals surface area contributed by atoms with Crippen molar-refractivity contribution in [3.05, 3.63) is 164 Å². The first-order valence-corrected chi connectivity index (χ1v) is 20.1. The molecule has 4 amide bonds. The first-order valence-electron chi connectivity index (χ1n) is 19.0. The molecule has 2 aliphatic carbocycles. The zero-order valence-corrected chi connectivity index (χ0v) is 33.6. The van der Waals surface area contributed by atoms with Crippen molar-refractivity contribution in [2.45, 2.75) is 30.4 Å². The highest BCUT2D eigenvalue weighted by Crippen LogP contribution is 2.65. The number of rotatable bonds is 7. The van der Waals surface area contributed by atoms with Gasteiger partial charge in [0.15, 0.2) is 11.6 Å². The number of aromatic nitrogens is 1. The molecule has 5 aromatic rings. The van der Waals surface area contributed by atoms with Crippen LogP contribution < -0.4 is 10.3 Å². The molecule has 0 spiro atoms. The molecule has 6 atom stereocenters. The molecule has 2 N–H and O–H groups in total. The van der Waals surface area contributed by atoms with Crippen molar-refractivity contribution in [2.24, 2.45) is 23.7 Å². The van der Waals surface area contributed by atoms with Crippen molar-refractivity contribution in [3.63, 3.8) is 0 Å². The van der Waals surface area contributed by atoms with Gasteiger partial charge < -0.3 is 5.11 Å². The van der Waals surface area contributed by atoms with E-state index < -0.39 is 81.2 Å². The average Bonchev–Trinajstić information content (AvgIpc) is 3.62. The minimum absolute atomic E-state index is 0.0660. The van der Waals surface area contributed by atoms with E-state index in [-0.39, 0.29) is 40.6 Å². The summed E-state index contributed by atoms with van der Waals surface area (Å²) in [7, 11) is 0. The molecule has 2 saturated heterocycles. The number of fused-ring (bicyclic) bond motifs is 4. The van der Waals surface area contributed by atoms with Crippen LogP contribution in [0.1, 0.15) is 51.4 Å². The highest BCUT2D eigenvalue weighted by molar-refractivity contribution is 6.33. The van der Waals surface area contributed by atoms with Gasteiger partial charge in [0.05, 0.1) is 39.4 Å². The lowest BCUT2D eigenvalue weighted by Crippen LogP contribution is -2.53. The number of anilines is 2. The molecular formula is C45H30Cl3F3N4O6. The van der Waals surface area contributed by atoms with Crippen LogP contribution in [-0.4, -0.2) is 44.5 Å². The number of carbonyl (C=O) groups is 5. The minimum atomic E-state index is -4.78. The van der Waals surface area contributed by atoms with Gasteiger partial charge in [-0.25, -0.2) is 4.98 Å². The van der Waals surface area contributed by atoms with Gasteiger partial charge in [-0.1, -0.05) is 88.9 Å². The first kappa shape index (κ1) is 40.4. The number of imide groups is 2. The summed E-state index contributed by atoms with van der Waals surface area (Å²) in [5.74, 6) is -8.83. The minimum Gasteiger partial charge on any atom is -0.508 e. The smallest absolute Gasteiger partial charge is 0.417 e. The molecule has 10 nitrogen and oxygen atoms in total. The zero-order valence-electron chi connectivity index (χ0n) is 31.4. The summed E-state index contributed by atoms with van der Waals surface area (Å²) >= 11 is 19.2. The number of hydrogen-bond acceptors (Lipinski definition) is 8. The lowest BCUT2D eigenvalue weighted by atomic mass is 9.49. The van der Waals surface area contributed by atoms with Crippen LogP contribution in [0.4, 0.5) is 24.7 Å². The molecule has 1 aromatic heterocycles.